The van der Waals surface area contributed by atoms with Gasteiger partial charge in [0.2, 0.25) is 5.28 Å². The summed E-state index contributed by atoms with van der Waals surface area (Å²) in [5, 5.41) is 4.61. The van der Waals surface area contributed by atoms with Gasteiger partial charge in [-0.2, -0.15) is 0 Å². The molecule has 0 spiro atoms. The molecule has 1 saturated carbocycles. The van der Waals surface area contributed by atoms with Gasteiger partial charge in [0.25, 0.3) is 0 Å². The number of carbonyl (C=O) groups excluding carboxylic acids is 1. The zero-order chi connectivity index (χ0) is 16.6. The van der Waals surface area contributed by atoms with Crippen LogP contribution in [-0.2, 0) is 4.74 Å². The molecule has 2 unspecified atom stereocenters. The number of fused-ring (bicyclic) bond motifs is 1. The fourth-order valence-corrected chi connectivity index (χ4v) is 4.53. The Bertz CT molecular complexity index is 746. The van der Waals surface area contributed by atoms with Gasteiger partial charge in [-0.05, 0) is 42.8 Å². The molecule has 0 amide bonds. The van der Waals surface area contributed by atoms with Gasteiger partial charge >= 0.3 is 5.97 Å². The lowest BCUT2D eigenvalue weighted by molar-refractivity contribution is 0.0605. The highest BCUT2D eigenvalue weighted by atomic mass is 35.5. The van der Waals surface area contributed by atoms with Gasteiger partial charge in [-0.1, -0.05) is 19.8 Å². The van der Waals surface area contributed by atoms with Gasteiger partial charge in [-0.15, -0.1) is 11.3 Å². The van der Waals surface area contributed by atoms with Crippen LogP contribution in [0, 0.1) is 12.8 Å². The van der Waals surface area contributed by atoms with Crippen LogP contribution in [0.4, 0.5) is 5.82 Å². The van der Waals surface area contributed by atoms with Gasteiger partial charge in [0, 0.05) is 6.04 Å². The van der Waals surface area contributed by atoms with Crippen molar-refractivity contribution in [1.82, 2.24) is 9.97 Å². The second kappa shape index (κ2) is 6.61. The average Bonchev–Trinajstić information content (AvgIpc) is 2.85. The van der Waals surface area contributed by atoms with E-state index in [-0.39, 0.29) is 11.3 Å². The van der Waals surface area contributed by atoms with Crippen molar-refractivity contribution in [3.8, 4) is 0 Å². The molecule has 2 heterocycles. The summed E-state index contributed by atoms with van der Waals surface area (Å²) in [5.41, 5.74) is 0.847. The minimum atomic E-state index is -0.349. The number of methoxy groups -OCH3 is 1. The Balaban J connectivity index is 2.05. The topological polar surface area (TPSA) is 64.1 Å². The van der Waals surface area contributed by atoms with Crippen molar-refractivity contribution in [3.63, 3.8) is 0 Å². The smallest absolute Gasteiger partial charge is 0.348 e. The lowest BCUT2D eigenvalue weighted by atomic mass is 9.86. The summed E-state index contributed by atoms with van der Waals surface area (Å²) < 4.78 is 4.85. The van der Waals surface area contributed by atoms with Crippen LogP contribution in [0.5, 0.6) is 0 Å². The number of nitrogens with one attached hydrogen (secondary N) is 1. The minimum Gasteiger partial charge on any atom is -0.465 e. The summed E-state index contributed by atoms with van der Waals surface area (Å²) in [6, 6.07) is 0.374. The second-order valence-electron chi connectivity index (χ2n) is 6.08. The van der Waals surface area contributed by atoms with Gasteiger partial charge < -0.3 is 10.1 Å². The van der Waals surface area contributed by atoms with E-state index in [0.717, 1.165) is 23.2 Å². The summed E-state index contributed by atoms with van der Waals surface area (Å²) in [6.45, 7) is 4.16. The highest BCUT2D eigenvalue weighted by Gasteiger charge is 2.25. The Morgan fingerprint density at radius 3 is 2.78 bits per heavy atom. The van der Waals surface area contributed by atoms with Crippen LogP contribution in [0.3, 0.4) is 0 Å². The van der Waals surface area contributed by atoms with E-state index < -0.39 is 0 Å². The SMILES string of the molecule is COC(=O)c1sc2nc(Cl)nc(NC3CCCCC3C)c2c1C. The maximum absolute atomic E-state index is 11.9. The van der Waals surface area contributed by atoms with Gasteiger partial charge in [-0.3, -0.25) is 0 Å². The first-order valence-electron chi connectivity index (χ1n) is 7.82. The summed E-state index contributed by atoms with van der Waals surface area (Å²) in [4.78, 5) is 21.9. The van der Waals surface area contributed by atoms with Crippen molar-refractivity contribution in [2.75, 3.05) is 12.4 Å². The third-order valence-electron chi connectivity index (χ3n) is 4.57. The number of aromatic nitrogens is 2. The number of thiophene rings is 1. The maximum Gasteiger partial charge on any atom is 0.348 e. The van der Waals surface area contributed by atoms with Gasteiger partial charge in [0.1, 0.15) is 15.5 Å². The quantitative estimate of drug-likeness (QED) is 0.653. The molecule has 2 atom stereocenters. The fourth-order valence-electron chi connectivity index (χ4n) is 3.21. The Morgan fingerprint density at radius 1 is 1.35 bits per heavy atom. The molecule has 124 valence electrons. The Hall–Kier alpha value is -1.40. The molecule has 0 aliphatic heterocycles. The van der Waals surface area contributed by atoms with Crippen LogP contribution in [0.15, 0.2) is 0 Å². The summed E-state index contributed by atoms with van der Waals surface area (Å²) in [7, 11) is 1.38. The molecule has 0 radical (unpaired) electrons. The largest absolute Gasteiger partial charge is 0.465 e. The molecule has 1 fully saturated rings. The number of aryl methyl sites for hydroxylation is 1. The molecule has 2 aromatic heterocycles. The number of hydrogen-bond donors (Lipinski definition) is 1. The molecule has 3 rings (SSSR count). The van der Waals surface area contributed by atoms with E-state index in [1.165, 1.54) is 37.7 Å². The van der Waals surface area contributed by atoms with Gasteiger partial charge in [0.05, 0.1) is 12.5 Å². The standard InChI is InChI=1S/C16H20ClN3O2S/c1-8-6-4-5-7-10(8)18-13-11-9(2)12(15(21)22-3)23-14(11)20-16(17)19-13/h8,10H,4-7H2,1-3H3,(H,18,19,20). The number of hydrogen-bond acceptors (Lipinski definition) is 6. The number of rotatable bonds is 3. The number of anilines is 1. The lowest BCUT2D eigenvalue weighted by Gasteiger charge is -2.30. The molecule has 5 nitrogen and oxygen atoms in total. The van der Waals surface area contributed by atoms with E-state index in [4.69, 9.17) is 16.3 Å². The van der Waals surface area contributed by atoms with Crippen molar-refractivity contribution in [1.29, 1.82) is 0 Å². The number of esters is 1. The molecule has 2 aromatic rings. The molecule has 1 N–H and O–H groups in total. The molecular weight excluding hydrogens is 334 g/mol. The van der Waals surface area contributed by atoms with Crippen molar-refractivity contribution in [2.45, 2.75) is 45.6 Å². The lowest BCUT2D eigenvalue weighted by Crippen LogP contribution is -2.30. The number of carbonyl (C=O) groups is 1. The zero-order valence-corrected chi connectivity index (χ0v) is 15.1. The molecule has 1 aliphatic rings. The first-order chi connectivity index (χ1) is 11.0. The Kier molecular flexibility index (Phi) is 4.73. The first kappa shape index (κ1) is 16.5. The molecule has 7 heteroatoms. The van der Waals surface area contributed by atoms with E-state index in [1.807, 2.05) is 6.92 Å². The average molecular weight is 354 g/mol. The van der Waals surface area contributed by atoms with E-state index >= 15 is 0 Å². The van der Waals surface area contributed by atoms with Gasteiger partial charge in [-0.25, -0.2) is 14.8 Å². The van der Waals surface area contributed by atoms with E-state index in [2.05, 4.69) is 22.2 Å². The Morgan fingerprint density at radius 2 is 2.09 bits per heavy atom. The third kappa shape index (κ3) is 3.15. The highest BCUT2D eigenvalue weighted by Crippen LogP contribution is 2.36. The van der Waals surface area contributed by atoms with Crippen molar-refractivity contribution < 1.29 is 9.53 Å². The van der Waals surface area contributed by atoms with Crippen molar-refractivity contribution in [3.05, 3.63) is 15.7 Å². The van der Waals surface area contributed by atoms with Crippen molar-refractivity contribution >= 4 is 44.9 Å². The second-order valence-corrected chi connectivity index (χ2v) is 7.42. The molecule has 0 bridgehead atoms. The fraction of sp³-hybridized carbons (Fsp3) is 0.562. The first-order valence-corrected chi connectivity index (χ1v) is 9.02. The predicted molar refractivity (Wildman–Crippen MR) is 93.5 cm³/mol. The normalized spacial score (nSPS) is 21.4. The number of halogens is 1. The Labute approximate surface area is 144 Å². The molecular formula is C16H20ClN3O2S. The summed E-state index contributed by atoms with van der Waals surface area (Å²) in [5.74, 6) is 0.966. The number of nitrogens with zero attached hydrogens (tertiary/aromatic N) is 2. The molecule has 23 heavy (non-hydrogen) atoms. The monoisotopic (exact) mass is 353 g/mol. The third-order valence-corrected chi connectivity index (χ3v) is 5.90. The van der Waals surface area contributed by atoms with E-state index in [0.29, 0.717) is 21.7 Å². The van der Waals surface area contributed by atoms with Crippen LogP contribution in [0.25, 0.3) is 10.2 Å². The van der Waals surface area contributed by atoms with Gasteiger partial charge in [0.15, 0.2) is 0 Å². The van der Waals surface area contributed by atoms with Crippen LogP contribution < -0.4 is 5.32 Å². The highest BCUT2D eigenvalue weighted by molar-refractivity contribution is 7.20. The van der Waals surface area contributed by atoms with E-state index in [9.17, 15) is 4.79 Å². The molecule has 0 aromatic carbocycles. The van der Waals surface area contributed by atoms with Crippen LogP contribution in [-0.4, -0.2) is 29.1 Å². The number of ether oxygens (including phenoxy) is 1. The van der Waals surface area contributed by atoms with Crippen LogP contribution in [0.1, 0.15) is 47.8 Å². The van der Waals surface area contributed by atoms with E-state index in [1.54, 1.807) is 0 Å². The van der Waals surface area contributed by atoms with Crippen LogP contribution >= 0.6 is 22.9 Å². The predicted octanol–water partition coefficient (Wildman–Crippen LogP) is 4.43. The summed E-state index contributed by atoms with van der Waals surface area (Å²) in [6.07, 6.45) is 4.84. The van der Waals surface area contributed by atoms with Crippen molar-refractivity contribution in [2.24, 2.45) is 5.92 Å². The van der Waals surface area contributed by atoms with Crippen LogP contribution in [0.2, 0.25) is 5.28 Å². The zero-order valence-electron chi connectivity index (χ0n) is 13.5. The minimum absolute atomic E-state index is 0.195. The maximum atomic E-state index is 11.9. The molecule has 0 saturated heterocycles. The summed E-state index contributed by atoms with van der Waals surface area (Å²) >= 11 is 7.38. The molecule has 1 aliphatic carbocycles.